The summed E-state index contributed by atoms with van der Waals surface area (Å²) in [5, 5.41) is 4.84. The number of amides is 1. The average molecular weight is 395 g/mol. The number of rotatable bonds is 5. The van der Waals surface area contributed by atoms with Gasteiger partial charge in [-0.25, -0.2) is 13.1 Å². The molecular formula is C16H15ClN4O4S. The summed E-state index contributed by atoms with van der Waals surface area (Å²) in [5.41, 5.74) is 6.37. The Hall–Kier alpha value is -2.78. The quantitative estimate of drug-likeness (QED) is 0.689. The van der Waals surface area contributed by atoms with Crippen molar-refractivity contribution in [1.29, 1.82) is 0 Å². The molecule has 2 aromatic heterocycles. The number of hydrogen-bond donors (Lipinski definition) is 2. The summed E-state index contributed by atoms with van der Waals surface area (Å²) in [7, 11) is -4.02. The van der Waals surface area contributed by atoms with E-state index in [0.29, 0.717) is 16.4 Å². The number of carbonyl (C=O) groups is 1. The maximum absolute atomic E-state index is 12.7. The number of aryl methyl sites for hydroxylation is 2. The highest BCUT2D eigenvalue weighted by atomic mass is 35.5. The van der Waals surface area contributed by atoms with E-state index in [1.807, 2.05) is 0 Å². The molecule has 0 aliphatic heterocycles. The molecule has 8 nitrogen and oxygen atoms in total. The predicted octanol–water partition coefficient (Wildman–Crippen LogP) is 2.64. The number of nitrogens with two attached hydrogens (primary N) is 1. The van der Waals surface area contributed by atoms with Crippen molar-refractivity contribution in [3.63, 3.8) is 0 Å². The fraction of sp³-hybridized carbons (Fsp3) is 0.125. The average Bonchev–Trinajstić information content (AvgIpc) is 3.11. The zero-order valence-corrected chi connectivity index (χ0v) is 15.4. The Bertz CT molecular complexity index is 1080. The van der Waals surface area contributed by atoms with Crippen molar-refractivity contribution in [2.75, 3.05) is 4.72 Å². The normalized spacial score (nSPS) is 11.5. The summed E-state index contributed by atoms with van der Waals surface area (Å²) in [6, 6.07) is 9.44. The molecule has 10 heteroatoms. The van der Waals surface area contributed by atoms with Crippen molar-refractivity contribution < 1.29 is 17.6 Å². The predicted molar refractivity (Wildman–Crippen MR) is 96.1 cm³/mol. The highest BCUT2D eigenvalue weighted by Gasteiger charge is 2.25. The van der Waals surface area contributed by atoms with Crippen LogP contribution in [-0.4, -0.2) is 24.1 Å². The van der Waals surface area contributed by atoms with Gasteiger partial charge in [0.2, 0.25) is 0 Å². The van der Waals surface area contributed by atoms with Gasteiger partial charge in [0.25, 0.3) is 15.9 Å². The van der Waals surface area contributed by atoms with E-state index >= 15 is 0 Å². The zero-order chi connectivity index (χ0) is 19.1. The maximum Gasteiger partial charge on any atom is 0.284 e. The number of benzene rings is 1. The molecule has 0 aliphatic rings. The molecule has 0 radical (unpaired) electrons. The Kier molecular flexibility index (Phi) is 4.51. The van der Waals surface area contributed by atoms with E-state index in [0.717, 1.165) is 6.07 Å². The van der Waals surface area contributed by atoms with E-state index in [9.17, 15) is 13.2 Å². The van der Waals surface area contributed by atoms with Gasteiger partial charge in [-0.05, 0) is 38.1 Å². The first-order valence-corrected chi connectivity index (χ1v) is 9.29. The second kappa shape index (κ2) is 6.50. The molecule has 0 bridgehead atoms. The van der Waals surface area contributed by atoms with Crippen molar-refractivity contribution in [3.8, 4) is 5.69 Å². The Morgan fingerprint density at radius 2 is 1.88 bits per heavy atom. The number of aromatic nitrogens is 2. The number of sulfonamides is 1. The second-order valence-electron chi connectivity index (χ2n) is 5.56. The van der Waals surface area contributed by atoms with Crippen LogP contribution < -0.4 is 10.5 Å². The number of carbonyl (C=O) groups excluding carboxylic acids is 1. The number of furan rings is 1. The van der Waals surface area contributed by atoms with Crippen LogP contribution in [0.5, 0.6) is 0 Å². The van der Waals surface area contributed by atoms with Gasteiger partial charge in [-0.3, -0.25) is 9.52 Å². The molecule has 0 fully saturated rings. The van der Waals surface area contributed by atoms with Gasteiger partial charge in [-0.2, -0.15) is 5.10 Å². The van der Waals surface area contributed by atoms with Crippen molar-refractivity contribution in [1.82, 2.24) is 9.78 Å². The van der Waals surface area contributed by atoms with Gasteiger partial charge >= 0.3 is 0 Å². The largest absolute Gasteiger partial charge is 0.455 e. The lowest BCUT2D eigenvalue weighted by Gasteiger charge is -2.10. The fourth-order valence-corrected chi connectivity index (χ4v) is 3.74. The molecule has 136 valence electrons. The lowest BCUT2D eigenvalue weighted by molar-refractivity contribution is 0.0972. The fourth-order valence-electron chi connectivity index (χ4n) is 2.40. The number of halogens is 1. The maximum atomic E-state index is 12.7. The Balaban J connectivity index is 2.01. The van der Waals surface area contributed by atoms with Crippen LogP contribution in [0.25, 0.3) is 5.69 Å². The monoisotopic (exact) mass is 394 g/mol. The lowest BCUT2D eigenvalue weighted by atomic mass is 10.3. The van der Waals surface area contributed by atoms with Gasteiger partial charge < -0.3 is 10.2 Å². The molecular weight excluding hydrogens is 380 g/mol. The van der Waals surface area contributed by atoms with Crippen LogP contribution in [0.15, 0.2) is 45.7 Å². The zero-order valence-electron chi connectivity index (χ0n) is 13.9. The third-order valence-electron chi connectivity index (χ3n) is 3.55. The SMILES string of the molecule is Cc1cc(NS(=O)(=O)c2cc(C(N)=O)oc2C)n(-c2ccc(Cl)cc2)n1. The van der Waals surface area contributed by atoms with E-state index in [1.165, 1.54) is 11.6 Å². The first-order chi connectivity index (χ1) is 12.2. The summed E-state index contributed by atoms with van der Waals surface area (Å²) in [6.07, 6.45) is 0. The minimum Gasteiger partial charge on any atom is -0.455 e. The Morgan fingerprint density at radius 3 is 2.46 bits per heavy atom. The van der Waals surface area contributed by atoms with Crippen LogP contribution in [0.1, 0.15) is 22.0 Å². The minimum atomic E-state index is -4.02. The van der Waals surface area contributed by atoms with Gasteiger partial charge in [-0.1, -0.05) is 11.6 Å². The lowest BCUT2D eigenvalue weighted by Crippen LogP contribution is -2.16. The molecule has 3 aromatic rings. The molecule has 0 unspecified atom stereocenters. The van der Waals surface area contributed by atoms with Crippen molar-refractivity contribution in [3.05, 3.63) is 58.6 Å². The first-order valence-electron chi connectivity index (χ1n) is 7.43. The number of primary amides is 1. The van der Waals surface area contributed by atoms with Gasteiger partial charge in [0.05, 0.1) is 11.4 Å². The van der Waals surface area contributed by atoms with Crippen LogP contribution in [0.4, 0.5) is 5.82 Å². The molecule has 1 amide bonds. The third kappa shape index (κ3) is 3.44. The van der Waals surface area contributed by atoms with Crippen LogP contribution in [0.2, 0.25) is 5.02 Å². The molecule has 3 rings (SSSR count). The summed E-state index contributed by atoms with van der Waals surface area (Å²) >= 11 is 5.89. The molecule has 0 saturated carbocycles. The molecule has 0 saturated heterocycles. The number of anilines is 1. The highest BCUT2D eigenvalue weighted by molar-refractivity contribution is 7.92. The van der Waals surface area contributed by atoms with Gasteiger partial charge in [0.15, 0.2) is 5.76 Å². The second-order valence-corrected chi connectivity index (χ2v) is 7.65. The van der Waals surface area contributed by atoms with Crippen LogP contribution >= 0.6 is 11.6 Å². The van der Waals surface area contributed by atoms with Crippen molar-refractivity contribution in [2.24, 2.45) is 5.73 Å². The summed E-state index contributed by atoms with van der Waals surface area (Å²) in [6.45, 7) is 3.17. The Labute approximate surface area is 154 Å². The number of hydrogen-bond acceptors (Lipinski definition) is 5. The van der Waals surface area contributed by atoms with Crippen molar-refractivity contribution >= 4 is 33.3 Å². The number of nitrogens with one attached hydrogen (secondary N) is 1. The van der Waals surface area contributed by atoms with Crippen LogP contribution in [0, 0.1) is 13.8 Å². The summed E-state index contributed by atoms with van der Waals surface area (Å²) < 4.78 is 34.4. The molecule has 0 spiro atoms. The topological polar surface area (TPSA) is 120 Å². The van der Waals surface area contributed by atoms with Crippen LogP contribution in [0.3, 0.4) is 0 Å². The van der Waals surface area contributed by atoms with Gasteiger partial charge in [0.1, 0.15) is 16.5 Å². The van der Waals surface area contributed by atoms with E-state index in [2.05, 4.69) is 9.82 Å². The molecule has 0 aliphatic carbocycles. The first kappa shape index (κ1) is 18.0. The molecule has 2 heterocycles. The summed E-state index contributed by atoms with van der Waals surface area (Å²) in [4.78, 5) is 11.0. The molecule has 0 atom stereocenters. The van der Waals surface area contributed by atoms with E-state index in [4.69, 9.17) is 21.8 Å². The minimum absolute atomic E-state index is 0.0561. The molecule has 3 N–H and O–H groups in total. The third-order valence-corrected chi connectivity index (χ3v) is 5.26. The highest BCUT2D eigenvalue weighted by Crippen LogP contribution is 2.25. The summed E-state index contributed by atoms with van der Waals surface area (Å²) in [5.74, 6) is -0.798. The van der Waals surface area contributed by atoms with Gasteiger partial charge in [-0.15, -0.1) is 0 Å². The Morgan fingerprint density at radius 1 is 1.23 bits per heavy atom. The molecule has 26 heavy (non-hydrogen) atoms. The van der Waals surface area contributed by atoms with Gasteiger partial charge in [0, 0.05) is 17.2 Å². The van der Waals surface area contributed by atoms with E-state index in [-0.39, 0.29) is 22.2 Å². The standard InChI is InChI=1S/C16H15ClN4O4S/c1-9-7-15(21(19-9)12-5-3-11(17)4-6-12)20-26(23,24)14-8-13(16(18)22)25-10(14)2/h3-8,20H,1-2H3,(H2,18,22). The number of nitrogens with zero attached hydrogens (tertiary/aromatic N) is 2. The van der Waals surface area contributed by atoms with Crippen LogP contribution in [-0.2, 0) is 10.0 Å². The van der Waals surface area contributed by atoms with E-state index < -0.39 is 15.9 Å². The van der Waals surface area contributed by atoms with E-state index in [1.54, 1.807) is 37.3 Å². The molecule has 1 aromatic carbocycles. The van der Waals surface area contributed by atoms with Crippen molar-refractivity contribution in [2.45, 2.75) is 18.7 Å². The smallest absolute Gasteiger partial charge is 0.284 e.